The lowest BCUT2D eigenvalue weighted by atomic mass is 10.1. The van der Waals surface area contributed by atoms with Gasteiger partial charge in [-0.2, -0.15) is 4.98 Å². The summed E-state index contributed by atoms with van der Waals surface area (Å²) in [6.07, 6.45) is 0. The molecule has 0 spiro atoms. The smallest absolute Gasteiger partial charge is 0.264 e. The third-order valence-electron chi connectivity index (χ3n) is 5.97. The third-order valence-corrected chi connectivity index (χ3v) is 5.97. The van der Waals surface area contributed by atoms with Gasteiger partial charge in [0.1, 0.15) is 11.5 Å². The zero-order valence-electron chi connectivity index (χ0n) is 19.5. The highest BCUT2D eigenvalue weighted by atomic mass is 16.5. The number of benzene rings is 3. The molecule has 0 unspecified atom stereocenters. The third kappa shape index (κ3) is 5.11. The number of rotatable bonds is 7. The molecule has 1 fully saturated rings. The lowest BCUT2D eigenvalue weighted by molar-refractivity contribution is 0.0741. The minimum absolute atomic E-state index is 0.0505. The fraction of sp³-hybridized carbons (Fsp3) is 0.222. The average molecular weight is 471 g/mol. The summed E-state index contributed by atoms with van der Waals surface area (Å²) in [5.74, 6) is 2.12. The molecule has 0 aliphatic carbocycles. The van der Waals surface area contributed by atoms with Gasteiger partial charge in [0, 0.05) is 37.4 Å². The van der Waals surface area contributed by atoms with Gasteiger partial charge < -0.3 is 23.8 Å². The van der Waals surface area contributed by atoms with Crippen LogP contribution in [-0.4, -0.2) is 54.2 Å². The summed E-state index contributed by atoms with van der Waals surface area (Å²) in [4.78, 5) is 21.8. The highest BCUT2D eigenvalue weighted by Gasteiger charge is 2.24. The number of ether oxygens (including phenoxy) is 2. The maximum Gasteiger partial charge on any atom is 0.264 e. The number of piperazine rings is 1. The number of carbonyl (C=O) groups excluding carboxylic acids is 1. The first-order chi connectivity index (χ1) is 17.2. The van der Waals surface area contributed by atoms with Gasteiger partial charge >= 0.3 is 0 Å². The Labute approximate surface area is 203 Å². The van der Waals surface area contributed by atoms with Crippen molar-refractivity contribution in [3.8, 4) is 22.9 Å². The van der Waals surface area contributed by atoms with Gasteiger partial charge in [-0.3, -0.25) is 4.79 Å². The van der Waals surface area contributed by atoms with Crippen molar-refractivity contribution in [1.29, 1.82) is 0 Å². The van der Waals surface area contributed by atoms with Crippen LogP contribution in [0.25, 0.3) is 11.4 Å². The fourth-order valence-electron chi connectivity index (χ4n) is 4.06. The van der Waals surface area contributed by atoms with Gasteiger partial charge in [-0.05, 0) is 36.4 Å². The second kappa shape index (κ2) is 10.3. The summed E-state index contributed by atoms with van der Waals surface area (Å²) in [7, 11) is 1.66. The molecule has 8 heteroatoms. The molecule has 35 heavy (non-hydrogen) atoms. The monoisotopic (exact) mass is 470 g/mol. The number of anilines is 1. The van der Waals surface area contributed by atoms with Crippen LogP contribution in [0.4, 0.5) is 5.69 Å². The second-order valence-corrected chi connectivity index (χ2v) is 8.14. The molecule has 1 saturated heterocycles. The lowest BCUT2D eigenvalue weighted by Crippen LogP contribution is -2.48. The van der Waals surface area contributed by atoms with Crippen molar-refractivity contribution in [2.24, 2.45) is 0 Å². The molecule has 0 atom stereocenters. The normalized spacial score (nSPS) is 13.5. The molecule has 0 saturated carbocycles. The van der Waals surface area contributed by atoms with Gasteiger partial charge in [-0.25, -0.2) is 0 Å². The van der Waals surface area contributed by atoms with Crippen LogP contribution < -0.4 is 14.4 Å². The number of hydrogen-bond acceptors (Lipinski definition) is 7. The van der Waals surface area contributed by atoms with E-state index >= 15 is 0 Å². The van der Waals surface area contributed by atoms with Gasteiger partial charge in [-0.1, -0.05) is 47.6 Å². The maximum absolute atomic E-state index is 13.3. The molecule has 2 heterocycles. The van der Waals surface area contributed by atoms with Gasteiger partial charge in [0.2, 0.25) is 5.82 Å². The minimum Gasteiger partial charge on any atom is -0.497 e. The molecular formula is C27H26N4O4. The van der Waals surface area contributed by atoms with E-state index in [1.54, 1.807) is 19.2 Å². The number of hydrogen-bond donors (Lipinski definition) is 0. The summed E-state index contributed by atoms with van der Waals surface area (Å²) in [5, 5.41) is 4.02. The van der Waals surface area contributed by atoms with Gasteiger partial charge in [0.25, 0.3) is 11.8 Å². The number of aromatic nitrogens is 2. The lowest BCUT2D eigenvalue weighted by Gasteiger charge is -2.36. The summed E-state index contributed by atoms with van der Waals surface area (Å²) in [6.45, 7) is 2.85. The van der Waals surface area contributed by atoms with Crippen LogP contribution in [0.15, 0.2) is 83.4 Å². The molecule has 1 aliphatic heterocycles. The number of methoxy groups -OCH3 is 1. The molecule has 0 N–H and O–H groups in total. The van der Waals surface area contributed by atoms with E-state index in [2.05, 4.69) is 15.0 Å². The standard InChI is InChI=1S/C27H26N4O4/c1-33-22-13-11-21(12-14-22)30-15-17-31(18-16-30)27(32)23-9-5-6-10-24(23)34-19-25-28-26(29-35-25)20-7-3-2-4-8-20/h2-14H,15-19H2,1H3. The van der Waals surface area contributed by atoms with Crippen LogP contribution in [0, 0.1) is 0 Å². The molecule has 8 nitrogen and oxygen atoms in total. The Morgan fingerprint density at radius 3 is 2.37 bits per heavy atom. The van der Waals surface area contributed by atoms with Crippen molar-refractivity contribution < 1.29 is 18.8 Å². The summed E-state index contributed by atoms with van der Waals surface area (Å²) in [5.41, 5.74) is 2.51. The Hall–Kier alpha value is -4.33. The predicted molar refractivity (Wildman–Crippen MR) is 132 cm³/mol. The number of nitrogens with zero attached hydrogens (tertiary/aromatic N) is 4. The van der Waals surface area contributed by atoms with Crippen LogP contribution in [0.2, 0.25) is 0 Å². The number of para-hydroxylation sites is 1. The maximum atomic E-state index is 13.3. The molecule has 4 aromatic rings. The quantitative estimate of drug-likeness (QED) is 0.399. The predicted octanol–water partition coefficient (Wildman–Crippen LogP) is 4.29. The van der Waals surface area contributed by atoms with Crippen LogP contribution in [0.3, 0.4) is 0 Å². The van der Waals surface area contributed by atoms with Crippen LogP contribution in [0.1, 0.15) is 16.2 Å². The Morgan fingerprint density at radius 1 is 0.914 bits per heavy atom. The van der Waals surface area contributed by atoms with Crippen molar-refractivity contribution in [1.82, 2.24) is 15.0 Å². The minimum atomic E-state index is -0.0505. The van der Waals surface area contributed by atoms with E-state index in [1.807, 2.05) is 71.6 Å². The van der Waals surface area contributed by atoms with E-state index in [0.717, 1.165) is 30.1 Å². The zero-order chi connectivity index (χ0) is 24.0. The molecule has 0 radical (unpaired) electrons. The van der Waals surface area contributed by atoms with E-state index in [4.69, 9.17) is 14.0 Å². The zero-order valence-corrected chi connectivity index (χ0v) is 19.5. The Bertz CT molecular complexity index is 1270. The number of carbonyl (C=O) groups is 1. The summed E-state index contributed by atoms with van der Waals surface area (Å²) < 4.78 is 16.5. The second-order valence-electron chi connectivity index (χ2n) is 8.14. The van der Waals surface area contributed by atoms with Crippen molar-refractivity contribution in [2.45, 2.75) is 6.61 Å². The van der Waals surface area contributed by atoms with Gasteiger partial charge in [0.15, 0.2) is 6.61 Å². The highest BCUT2D eigenvalue weighted by molar-refractivity contribution is 5.97. The van der Waals surface area contributed by atoms with E-state index in [1.165, 1.54) is 0 Å². The van der Waals surface area contributed by atoms with E-state index in [9.17, 15) is 4.79 Å². The van der Waals surface area contributed by atoms with Crippen LogP contribution in [0.5, 0.6) is 11.5 Å². The first-order valence-corrected chi connectivity index (χ1v) is 11.5. The van der Waals surface area contributed by atoms with Crippen LogP contribution >= 0.6 is 0 Å². The van der Waals surface area contributed by atoms with Crippen molar-refractivity contribution in [3.05, 3.63) is 90.3 Å². The van der Waals surface area contributed by atoms with E-state index in [-0.39, 0.29) is 12.5 Å². The van der Waals surface area contributed by atoms with E-state index < -0.39 is 0 Å². The Kier molecular flexibility index (Phi) is 6.61. The molecule has 3 aromatic carbocycles. The Morgan fingerprint density at radius 2 is 1.63 bits per heavy atom. The summed E-state index contributed by atoms with van der Waals surface area (Å²) >= 11 is 0. The van der Waals surface area contributed by atoms with Crippen LogP contribution in [-0.2, 0) is 6.61 Å². The summed E-state index contributed by atoms with van der Waals surface area (Å²) in [6, 6.07) is 24.8. The molecule has 178 valence electrons. The molecule has 1 aromatic heterocycles. The van der Waals surface area contributed by atoms with Crippen molar-refractivity contribution in [2.75, 3.05) is 38.2 Å². The first-order valence-electron chi connectivity index (χ1n) is 11.5. The molecule has 5 rings (SSSR count). The van der Waals surface area contributed by atoms with Crippen molar-refractivity contribution >= 4 is 11.6 Å². The Balaban J connectivity index is 1.21. The SMILES string of the molecule is COc1ccc(N2CCN(C(=O)c3ccccc3OCc3nc(-c4ccccc4)no3)CC2)cc1. The highest BCUT2D eigenvalue weighted by Crippen LogP contribution is 2.24. The van der Waals surface area contributed by atoms with Crippen molar-refractivity contribution in [3.63, 3.8) is 0 Å². The van der Waals surface area contributed by atoms with Gasteiger partial charge in [-0.15, -0.1) is 0 Å². The topological polar surface area (TPSA) is 80.9 Å². The molecule has 1 aliphatic rings. The largest absolute Gasteiger partial charge is 0.497 e. The first kappa shape index (κ1) is 22.5. The fourth-order valence-corrected chi connectivity index (χ4v) is 4.06. The average Bonchev–Trinajstić information content (AvgIpc) is 3.41. The van der Waals surface area contributed by atoms with Gasteiger partial charge in [0.05, 0.1) is 12.7 Å². The molecular weight excluding hydrogens is 444 g/mol. The molecule has 0 bridgehead atoms. The molecule has 1 amide bonds. The van der Waals surface area contributed by atoms with E-state index in [0.29, 0.717) is 36.1 Å². The number of amides is 1.